The van der Waals surface area contributed by atoms with Gasteiger partial charge in [-0.15, -0.1) is 0 Å². The van der Waals surface area contributed by atoms with E-state index in [2.05, 4.69) is 29.2 Å². The Morgan fingerprint density at radius 3 is 2.76 bits per heavy atom. The second kappa shape index (κ2) is 4.63. The fourth-order valence-electron chi connectivity index (χ4n) is 1.36. The lowest BCUT2D eigenvalue weighted by Crippen LogP contribution is -2.03. The molecule has 6 heteroatoms. The van der Waals surface area contributed by atoms with Gasteiger partial charge in [0.25, 0.3) is 0 Å². The predicted octanol–water partition coefficient (Wildman–Crippen LogP) is 2.84. The van der Waals surface area contributed by atoms with Crippen LogP contribution in [-0.2, 0) is 0 Å². The third kappa shape index (κ3) is 2.68. The maximum atomic E-state index is 5.81. The van der Waals surface area contributed by atoms with Crippen LogP contribution in [0, 0.1) is 0 Å². The zero-order valence-electron chi connectivity index (χ0n) is 9.68. The van der Waals surface area contributed by atoms with Crippen molar-refractivity contribution in [3.8, 4) is 0 Å². The average molecular weight is 252 g/mol. The van der Waals surface area contributed by atoms with Gasteiger partial charge in [0.05, 0.1) is 5.69 Å². The van der Waals surface area contributed by atoms with Crippen LogP contribution in [0.5, 0.6) is 0 Å². The minimum atomic E-state index is 0.315. The lowest BCUT2D eigenvalue weighted by molar-refractivity contribution is 0.534. The van der Waals surface area contributed by atoms with Crippen molar-refractivity contribution in [3.63, 3.8) is 0 Å². The zero-order valence-corrected chi connectivity index (χ0v) is 10.4. The minimum absolute atomic E-state index is 0.315. The van der Waals surface area contributed by atoms with E-state index < -0.39 is 0 Å². The van der Waals surface area contributed by atoms with E-state index in [1.54, 1.807) is 12.1 Å². The number of aromatic nitrogens is 3. The summed E-state index contributed by atoms with van der Waals surface area (Å²) in [4.78, 5) is 4.10. The molecule has 90 valence electrons. The molecule has 0 spiro atoms. The number of nitrogens with zero attached hydrogens (tertiary/aromatic N) is 3. The van der Waals surface area contributed by atoms with Gasteiger partial charge in [-0.1, -0.05) is 11.6 Å². The van der Waals surface area contributed by atoms with E-state index in [1.165, 1.54) is 0 Å². The fraction of sp³-hybridized carbons (Fsp3) is 0.273. The summed E-state index contributed by atoms with van der Waals surface area (Å²) in [7, 11) is 0. The van der Waals surface area contributed by atoms with E-state index in [1.807, 2.05) is 16.9 Å². The Morgan fingerprint density at radius 1 is 1.35 bits per heavy atom. The Kier molecular flexibility index (Phi) is 3.19. The van der Waals surface area contributed by atoms with Gasteiger partial charge < -0.3 is 11.1 Å². The quantitative estimate of drug-likeness (QED) is 0.823. The van der Waals surface area contributed by atoms with E-state index in [0.29, 0.717) is 28.5 Å². The van der Waals surface area contributed by atoms with Crippen LogP contribution >= 0.6 is 11.6 Å². The highest BCUT2D eigenvalue weighted by molar-refractivity contribution is 6.29. The molecule has 0 aliphatic rings. The molecule has 17 heavy (non-hydrogen) atoms. The van der Waals surface area contributed by atoms with Gasteiger partial charge in [0.1, 0.15) is 5.15 Å². The molecule has 0 bridgehead atoms. The van der Waals surface area contributed by atoms with Gasteiger partial charge in [0, 0.05) is 18.3 Å². The Labute approximate surface area is 105 Å². The van der Waals surface area contributed by atoms with E-state index in [9.17, 15) is 0 Å². The highest BCUT2D eigenvalue weighted by Gasteiger charge is 2.06. The molecule has 0 atom stereocenters. The van der Waals surface area contributed by atoms with E-state index in [4.69, 9.17) is 17.3 Å². The van der Waals surface area contributed by atoms with Crippen LogP contribution < -0.4 is 11.1 Å². The van der Waals surface area contributed by atoms with Gasteiger partial charge >= 0.3 is 0 Å². The molecule has 0 unspecified atom stereocenters. The van der Waals surface area contributed by atoms with Gasteiger partial charge in [-0.3, -0.25) is 4.68 Å². The monoisotopic (exact) mass is 251 g/mol. The van der Waals surface area contributed by atoms with Crippen LogP contribution in [0.3, 0.4) is 0 Å². The average Bonchev–Trinajstić information content (AvgIpc) is 2.72. The fourth-order valence-corrected chi connectivity index (χ4v) is 1.51. The number of rotatable bonds is 3. The third-order valence-corrected chi connectivity index (χ3v) is 2.49. The molecule has 0 aromatic carbocycles. The molecule has 2 aromatic rings. The van der Waals surface area contributed by atoms with Gasteiger partial charge in [0.2, 0.25) is 0 Å². The number of pyridine rings is 1. The first-order valence-electron chi connectivity index (χ1n) is 5.30. The van der Waals surface area contributed by atoms with Crippen molar-refractivity contribution in [1.82, 2.24) is 14.8 Å². The normalized spacial score (nSPS) is 10.8. The summed E-state index contributed by atoms with van der Waals surface area (Å²) in [6, 6.07) is 5.53. The molecule has 5 nitrogen and oxygen atoms in total. The van der Waals surface area contributed by atoms with E-state index in [0.717, 1.165) is 0 Å². The van der Waals surface area contributed by atoms with Crippen molar-refractivity contribution < 1.29 is 0 Å². The molecule has 0 fully saturated rings. The van der Waals surface area contributed by atoms with E-state index >= 15 is 0 Å². The van der Waals surface area contributed by atoms with Crippen molar-refractivity contribution in [2.24, 2.45) is 0 Å². The summed E-state index contributed by atoms with van der Waals surface area (Å²) in [5.41, 5.74) is 6.32. The molecule has 0 radical (unpaired) electrons. The minimum Gasteiger partial charge on any atom is -0.396 e. The number of nitrogens with one attached hydrogen (secondary N) is 1. The number of hydrogen-bond acceptors (Lipinski definition) is 4. The van der Waals surface area contributed by atoms with Crippen LogP contribution in [0.4, 0.5) is 17.3 Å². The first-order chi connectivity index (χ1) is 8.06. The van der Waals surface area contributed by atoms with E-state index in [-0.39, 0.29) is 0 Å². The maximum absolute atomic E-state index is 5.81. The molecule has 3 N–H and O–H groups in total. The van der Waals surface area contributed by atoms with Gasteiger partial charge in [-0.25, -0.2) is 4.98 Å². The molecule has 0 aliphatic carbocycles. The largest absolute Gasteiger partial charge is 0.396 e. The number of halogens is 1. The van der Waals surface area contributed by atoms with Crippen molar-refractivity contribution in [2.75, 3.05) is 11.1 Å². The summed E-state index contributed by atoms with van der Waals surface area (Å²) >= 11 is 5.81. The Morgan fingerprint density at radius 2 is 2.12 bits per heavy atom. The number of nitrogens with two attached hydrogens (primary N) is 1. The summed E-state index contributed by atoms with van der Waals surface area (Å²) in [6.45, 7) is 4.12. The molecular weight excluding hydrogens is 238 g/mol. The second-order valence-corrected chi connectivity index (χ2v) is 4.36. The molecule has 2 heterocycles. The number of hydrogen-bond donors (Lipinski definition) is 2. The van der Waals surface area contributed by atoms with Gasteiger partial charge in [0.15, 0.2) is 11.6 Å². The Balaban J connectivity index is 2.22. The van der Waals surface area contributed by atoms with Crippen molar-refractivity contribution in [2.45, 2.75) is 19.9 Å². The zero-order chi connectivity index (χ0) is 12.4. The predicted molar refractivity (Wildman–Crippen MR) is 69.6 cm³/mol. The SMILES string of the molecule is CC(C)n1ccc(Nc2nc(Cl)ccc2N)n1. The molecular formula is C11H14ClN5. The maximum Gasteiger partial charge on any atom is 0.156 e. The second-order valence-electron chi connectivity index (χ2n) is 3.97. The molecule has 2 aromatic heterocycles. The molecule has 0 aliphatic heterocycles. The van der Waals surface area contributed by atoms with Crippen molar-refractivity contribution in [3.05, 3.63) is 29.5 Å². The highest BCUT2D eigenvalue weighted by Crippen LogP contribution is 2.22. The van der Waals surface area contributed by atoms with Crippen molar-refractivity contribution >= 4 is 28.9 Å². The third-order valence-electron chi connectivity index (χ3n) is 2.28. The van der Waals surface area contributed by atoms with Crippen LogP contribution in [0.25, 0.3) is 0 Å². The standard InChI is InChI=1S/C11H14ClN5/c1-7(2)17-6-5-10(16-17)15-11-8(13)3-4-9(12)14-11/h3-7H,13H2,1-2H3,(H,14,15,16). The summed E-state index contributed by atoms with van der Waals surface area (Å²) in [6.07, 6.45) is 1.90. The smallest absolute Gasteiger partial charge is 0.156 e. The Bertz CT molecular complexity index is 520. The van der Waals surface area contributed by atoms with Gasteiger partial charge in [-0.2, -0.15) is 5.10 Å². The lowest BCUT2D eigenvalue weighted by atomic mass is 10.4. The van der Waals surface area contributed by atoms with Crippen LogP contribution in [0.1, 0.15) is 19.9 Å². The van der Waals surface area contributed by atoms with Crippen LogP contribution in [-0.4, -0.2) is 14.8 Å². The van der Waals surface area contributed by atoms with Gasteiger partial charge in [-0.05, 0) is 26.0 Å². The van der Waals surface area contributed by atoms with Crippen LogP contribution in [0.2, 0.25) is 5.15 Å². The lowest BCUT2D eigenvalue weighted by Gasteiger charge is -2.06. The Hall–Kier alpha value is -1.75. The topological polar surface area (TPSA) is 68.8 Å². The van der Waals surface area contributed by atoms with Crippen molar-refractivity contribution in [1.29, 1.82) is 0 Å². The molecule has 0 saturated carbocycles. The first kappa shape index (κ1) is 11.7. The summed E-state index contributed by atoms with van der Waals surface area (Å²) in [5, 5.41) is 7.77. The summed E-state index contributed by atoms with van der Waals surface area (Å²) in [5.74, 6) is 1.21. The molecule has 2 rings (SSSR count). The molecule has 0 amide bonds. The molecule has 0 saturated heterocycles. The number of nitrogen functional groups attached to an aromatic ring is 1. The summed E-state index contributed by atoms with van der Waals surface area (Å²) < 4.78 is 1.85. The number of anilines is 3. The van der Waals surface area contributed by atoms with Crippen LogP contribution in [0.15, 0.2) is 24.4 Å². The first-order valence-corrected chi connectivity index (χ1v) is 5.68. The highest BCUT2D eigenvalue weighted by atomic mass is 35.5.